The highest BCUT2D eigenvalue weighted by Gasteiger charge is 2.33. The van der Waals surface area contributed by atoms with Gasteiger partial charge >= 0.3 is 0 Å². The van der Waals surface area contributed by atoms with Gasteiger partial charge in [-0.3, -0.25) is 14.8 Å². The fourth-order valence-electron chi connectivity index (χ4n) is 2.47. The fraction of sp³-hybridized carbons (Fsp3) is 0.692. The van der Waals surface area contributed by atoms with Crippen LogP contribution < -0.4 is 11.1 Å². The largest absolute Gasteiger partial charge is 0.329 e. The average Bonchev–Trinajstić information content (AvgIpc) is 3.13. The number of rotatable bonds is 6. The summed E-state index contributed by atoms with van der Waals surface area (Å²) >= 11 is 0. The molecular formula is C13H23N5O. The molecule has 1 fully saturated rings. The van der Waals surface area contributed by atoms with Gasteiger partial charge in [0.15, 0.2) is 0 Å². The third-order valence-corrected chi connectivity index (χ3v) is 3.76. The van der Waals surface area contributed by atoms with E-state index in [0.29, 0.717) is 25.0 Å². The molecule has 6 nitrogen and oxygen atoms in total. The Morgan fingerprint density at radius 1 is 1.58 bits per heavy atom. The molecule has 1 saturated carbocycles. The SMILES string of the molecule is Cc1n[nH]c(C)c1NC(=O)CN(C)C(CN)C1CC1. The Morgan fingerprint density at radius 3 is 2.74 bits per heavy atom. The van der Waals surface area contributed by atoms with Crippen molar-refractivity contribution in [2.45, 2.75) is 32.7 Å². The zero-order valence-corrected chi connectivity index (χ0v) is 11.9. The molecule has 1 aliphatic rings. The number of amides is 1. The summed E-state index contributed by atoms with van der Waals surface area (Å²) in [5.74, 6) is 0.648. The van der Waals surface area contributed by atoms with E-state index in [1.807, 2.05) is 20.9 Å². The first-order chi connectivity index (χ1) is 9.02. The van der Waals surface area contributed by atoms with E-state index in [2.05, 4.69) is 20.4 Å². The number of carbonyl (C=O) groups is 1. The average molecular weight is 265 g/mol. The number of nitrogens with two attached hydrogens (primary N) is 1. The molecule has 2 rings (SSSR count). The van der Waals surface area contributed by atoms with Gasteiger partial charge in [-0.25, -0.2) is 0 Å². The van der Waals surface area contributed by atoms with Crippen LogP contribution in [0.5, 0.6) is 0 Å². The molecule has 0 radical (unpaired) electrons. The van der Waals surface area contributed by atoms with E-state index in [1.54, 1.807) is 0 Å². The number of nitrogens with one attached hydrogen (secondary N) is 2. The normalized spacial score (nSPS) is 16.7. The Kier molecular flexibility index (Phi) is 4.21. The number of anilines is 1. The van der Waals surface area contributed by atoms with Gasteiger partial charge < -0.3 is 11.1 Å². The number of H-pyrrole nitrogens is 1. The maximum atomic E-state index is 12.1. The van der Waals surface area contributed by atoms with Gasteiger partial charge in [0.05, 0.1) is 23.6 Å². The summed E-state index contributed by atoms with van der Waals surface area (Å²) < 4.78 is 0. The summed E-state index contributed by atoms with van der Waals surface area (Å²) in [5, 5.41) is 9.84. The molecule has 0 aromatic carbocycles. The van der Waals surface area contributed by atoms with Gasteiger partial charge in [-0.05, 0) is 39.7 Å². The van der Waals surface area contributed by atoms with Crippen LogP contribution in [-0.2, 0) is 4.79 Å². The lowest BCUT2D eigenvalue weighted by Gasteiger charge is -2.26. The molecule has 1 aliphatic carbocycles. The molecule has 6 heteroatoms. The Morgan fingerprint density at radius 2 is 2.26 bits per heavy atom. The molecule has 4 N–H and O–H groups in total. The highest BCUT2D eigenvalue weighted by molar-refractivity contribution is 5.93. The highest BCUT2D eigenvalue weighted by Crippen LogP contribution is 2.34. The quantitative estimate of drug-likeness (QED) is 0.704. The van der Waals surface area contributed by atoms with Crippen molar-refractivity contribution in [3.63, 3.8) is 0 Å². The zero-order chi connectivity index (χ0) is 14.0. The van der Waals surface area contributed by atoms with Gasteiger partial charge in [0.25, 0.3) is 0 Å². The minimum atomic E-state index is -0.0193. The number of aromatic amines is 1. The number of nitrogens with zero attached hydrogens (tertiary/aromatic N) is 2. The third-order valence-electron chi connectivity index (χ3n) is 3.76. The van der Waals surface area contributed by atoms with Crippen LogP contribution in [0.4, 0.5) is 5.69 Å². The molecule has 1 aromatic heterocycles. The van der Waals surface area contributed by atoms with Crippen LogP contribution in [-0.4, -0.2) is 47.2 Å². The van der Waals surface area contributed by atoms with Crippen LogP contribution in [0.15, 0.2) is 0 Å². The monoisotopic (exact) mass is 265 g/mol. The Labute approximate surface area is 113 Å². The maximum Gasteiger partial charge on any atom is 0.238 e. The van der Waals surface area contributed by atoms with Crippen molar-refractivity contribution in [1.29, 1.82) is 0 Å². The molecule has 0 bridgehead atoms. The second-order valence-corrected chi connectivity index (χ2v) is 5.41. The minimum absolute atomic E-state index is 0.0193. The van der Waals surface area contributed by atoms with E-state index in [1.165, 1.54) is 12.8 Å². The third kappa shape index (κ3) is 3.33. The van der Waals surface area contributed by atoms with Crippen LogP contribution in [0.3, 0.4) is 0 Å². The summed E-state index contributed by atoms with van der Waals surface area (Å²) in [5.41, 5.74) is 8.26. The lowest BCUT2D eigenvalue weighted by Crippen LogP contribution is -2.43. The number of hydrogen-bond donors (Lipinski definition) is 3. The summed E-state index contributed by atoms with van der Waals surface area (Å²) in [4.78, 5) is 14.1. The molecule has 1 atom stereocenters. The molecule has 0 spiro atoms. The predicted octanol–water partition coefficient (Wildman–Crippen LogP) is 0.634. The molecular weight excluding hydrogens is 242 g/mol. The van der Waals surface area contributed by atoms with E-state index < -0.39 is 0 Å². The van der Waals surface area contributed by atoms with Crippen LogP contribution >= 0.6 is 0 Å². The molecule has 0 saturated heterocycles. The molecule has 19 heavy (non-hydrogen) atoms. The minimum Gasteiger partial charge on any atom is -0.329 e. The zero-order valence-electron chi connectivity index (χ0n) is 11.9. The van der Waals surface area contributed by atoms with Crippen molar-refractivity contribution < 1.29 is 4.79 Å². The van der Waals surface area contributed by atoms with E-state index in [9.17, 15) is 4.79 Å². The Hall–Kier alpha value is -1.40. The lowest BCUT2D eigenvalue weighted by molar-refractivity contribution is -0.117. The second kappa shape index (κ2) is 5.71. The number of aromatic nitrogens is 2. The van der Waals surface area contributed by atoms with Crippen molar-refractivity contribution in [1.82, 2.24) is 15.1 Å². The first kappa shape index (κ1) is 14.0. The van der Waals surface area contributed by atoms with Gasteiger partial charge in [-0.2, -0.15) is 5.10 Å². The summed E-state index contributed by atoms with van der Waals surface area (Å²) in [6.07, 6.45) is 2.46. The molecule has 0 aliphatic heterocycles. The first-order valence-corrected chi connectivity index (χ1v) is 6.74. The van der Waals surface area contributed by atoms with Crippen LogP contribution in [0.1, 0.15) is 24.2 Å². The van der Waals surface area contributed by atoms with Crippen LogP contribution in [0, 0.1) is 19.8 Å². The highest BCUT2D eigenvalue weighted by atomic mass is 16.2. The number of likely N-dealkylation sites (N-methyl/N-ethyl adjacent to an activating group) is 1. The van der Waals surface area contributed by atoms with Gasteiger partial charge in [0.2, 0.25) is 5.91 Å². The molecule has 1 heterocycles. The topological polar surface area (TPSA) is 87.0 Å². The smallest absolute Gasteiger partial charge is 0.238 e. The number of aryl methyl sites for hydroxylation is 2. The van der Waals surface area contributed by atoms with E-state index in [-0.39, 0.29) is 5.91 Å². The number of carbonyl (C=O) groups excluding carboxylic acids is 1. The molecule has 1 unspecified atom stereocenters. The number of hydrogen-bond acceptors (Lipinski definition) is 4. The van der Waals surface area contributed by atoms with Crippen molar-refractivity contribution in [2.24, 2.45) is 11.7 Å². The predicted molar refractivity (Wildman–Crippen MR) is 74.9 cm³/mol. The fourth-order valence-corrected chi connectivity index (χ4v) is 2.47. The van der Waals surface area contributed by atoms with Crippen molar-refractivity contribution >= 4 is 11.6 Å². The first-order valence-electron chi connectivity index (χ1n) is 6.74. The van der Waals surface area contributed by atoms with E-state index in [0.717, 1.165) is 17.1 Å². The Bertz CT molecular complexity index is 432. The van der Waals surface area contributed by atoms with Gasteiger partial charge in [0.1, 0.15) is 0 Å². The van der Waals surface area contributed by atoms with Crippen molar-refractivity contribution in [3.05, 3.63) is 11.4 Å². The molecule has 106 valence electrons. The molecule has 1 amide bonds. The summed E-state index contributed by atoms with van der Waals surface area (Å²) in [6, 6.07) is 0.317. The summed E-state index contributed by atoms with van der Waals surface area (Å²) in [6.45, 7) is 4.74. The van der Waals surface area contributed by atoms with E-state index >= 15 is 0 Å². The van der Waals surface area contributed by atoms with Gasteiger partial charge in [0, 0.05) is 12.6 Å². The van der Waals surface area contributed by atoms with Crippen LogP contribution in [0.2, 0.25) is 0 Å². The van der Waals surface area contributed by atoms with Crippen LogP contribution in [0.25, 0.3) is 0 Å². The summed E-state index contributed by atoms with van der Waals surface area (Å²) in [7, 11) is 1.96. The Balaban J connectivity index is 1.90. The van der Waals surface area contributed by atoms with Crippen molar-refractivity contribution in [3.8, 4) is 0 Å². The standard InChI is InChI=1S/C13H23N5O/c1-8-13(9(2)17-16-8)15-12(19)7-18(3)11(6-14)10-4-5-10/h10-11H,4-7,14H2,1-3H3,(H,15,19)(H,16,17). The van der Waals surface area contributed by atoms with Crippen molar-refractivity contribution in [2.75, 3.05) is 25.5 Å². The maximum absolute atomic E-state index is 12.1. The van der Waals surface area contributed by atoms with Gasteiger partial charge in [-0.1, -0.05) is 0 Å². The van der Waals surface area contributed by atoms with Gasteiger partial charge in [-0.15, -0.1) is 0 Å². The molecule has 1 aromatic rings. The second-order valence-electron chi connectivity index (χ2n) is 5.41. The lowest BCUT2D eigenvalue weighted by atomic mass is 10.1. The van der Waals surface area contributed by atoms with E-state index in [4.69, 9.17) is 5.73 Å².